The van der Waals surface area contributed by atoms with Crippen LogP contribution in [0.5, 0.6) is 0 Å². The number of nitrogens with zero attached hydrogens (tertiary/aromatic N) is 2. The molecule has 2 heterocycles. The van der Waals surface area contributed by atoms with Gasteiger partial charge < -0.3 is 9.47 Å². The molecule has 1 aromatic carbocycles. The fourth-order valence-electron chi connectivity index (χ4n) is 3.56. The molecule has 3 rings (SSSR count). The third-order valence-electron chi connectivity index (χ3n) is 5.44. The van der Waals surface area contributed by atoms with Crippen LogP contribution in [0.4, 0.5) is 17.6 Å². The number of hydrogen-bond donors (Lipinski definition) is 0. The van der Waals surface area contributed by atoms with E-state index in [0.717, 1.165) is 50.2 Å². The number of hydrogen-bond acceptors (Lipinski definition) is 6. The predicted molar refractivity (Wildman–Crippen MR) is 122 cm³/mol. The Kier molecular flexibility index (Phi) is 8.71. The number of esters is 1. The fraction of sp³-hybridized carbons (Fsp3) is 0.500. The summed E-state index contributed by atoms with van der Waals surface area (Å²) in [6, 6.07) is 2.09. The van der Waals surface area contributed by atoms with Gasteiger partial charge in [-0.15, -0.1) is 11.8 Å². The van der Waals surface area contributed by atoms with E-state index in [9.17, 15) is 31.9 Å². The maximum atomic E-state index is 14.7. The summed E-state index contributed by atoms with van der Waals surface area (Å²) < 4.78 is 65.5. The van der Waals surface area contributed by atoms with Crippen molar-refractivity contribution in [2.75, 3.05) is 13.2 Å². The summed E-state index contributed by atoms with van der Waals surface area (Å²) in [7, 11) is 0.823. The maximum Gasteiger partial charge on any atom is 0.431 e. The van der Waals surface area contributed by atoms with E-state index in [0.29, 0.717) is 13.0 Å². The van der Waals surface area contributed by atoms with Crippen LogP contribution in [0, 0.1) is 5.82 Å². The van der Waals surface area contributed by atoms with Crippen molar-refractivity contribution in [1.29, 1.82) is 0 Å². The Balaban J connectivity index is 1.90. The van der Waals surface area contributed by atoms with Crippen molar-refractivity contribution in [1.82, 2.24) is 9.13 Å². The third-order valence-corrected chi connectivity index (χ3v) is 7.27. The second kappa shape index (κ2) is 11.2. The number of ether oxygens (including phenoxy) is 2. The van der Waals surface area contributed by atoms with E-state index in [2.05, 4.69) is 0 Å². The zero-order valence-electron chi connectivity index (χ0n) is 18.9. The van der Waals surface area contributed by atoms with Crippen molar-refractivity contribution >= 4 is 29.3 Å². The van der Waals surface area contributed by atoms with Crippen LogP contribution in [0.15, 0.2) is 32.7 Å². The summed E-state index contributed by atoms with van der Waals surface area (Å²) in [5.41, 5.74) is -4.81. The summed E-state index contributed by atoms with van der Waals surface area (Å²) in [5, 5.41) is -0.850. The molecule has 13 heteroatoms. The minimum Gasteiger partial charge on any atom is -0.462 e. The summed E-state index contributed by atoms with van der Waals surface area (Å²) >= 11 is 7.07. The van der Waals surface area contributed by atoms with Gasteiger partial charge in [0.05, 0.1) is 16.8 Å². The molecule has 0 aliphatic carbocycles. The molecule has 1 aliphatic rings. The standard InChI is InChI=1S/C22H23ClF4N2O5S/c1-3-16(20(31)34-11-12-6-4-5-7-33-12)35-17-9-15(14(24)8-13(17)23)29-19(30)10-18(22(25,26)27)28(2)21(29)32/h8-10,12,16H,3-7,11H2,1-2H3. The van der Waals surface area contributed by atoms with Gasteiger partial charge in [-0.25, -0.2) is 13.8 Å². The smallest absolute Gasteiger partial charge is 0.431 e. The van der Waals surface area contributed by atoms with Crippen molar-refractivity contribution in [2.24, 2.45) is 7.05 Å². The average molecular weight is 539 g/mol. The molecule has 0 amide bonds. The van der Waals surface area contributed by atoms with Gasteiger partial charge in [0.1, 0.15) is 23.4 Å². The number of alkyl halides is 3. The van der Waals surface area contributed by atoms with Gasteiger partial charge in [-0.2, -0.15) is 13.2 Å². The Bertz CT molecular complexity index is 1210. The molecule has 192 valence electrons. The molecule has 2 unspecified atom stereocenters. The van der Waals surface area contributed by atoms with E-state index >= 15 is 0 Å². The van der Waals surface area contributed by atoms with Gasteiger partial charge in [-0.3, -0.25) is 14.2 Å². The number of thioether (sulfide) groups is 1. The zero-order chi connectivity index (χ0) is 25.9. The van der Waals surface area contributed by atoms with E-state index < -0.39 is 45.8 Å². The summed E-state index contributed by atoms with van der Waals surface area (Å²) in [6.07, 6.45) is -2.11. The van der Waals surface area contributed by atoms with E-state index in [1.54, 1.807) is 6.92 Å². The summed E-state index contributed by atoms with van der Waals surface area (Å²) in [4.78, 5) is 37.7. The highest BCUT2D eigenvalue weighted by Crippen LogP contribution is 2.35. The second-order valence-corrected chi connectivity index (χ2v) is 9.56. The van der Waals surface area contributed by atoms with Gasteiger partial charge in [0.15, 0.2) is 0 Å². The highest BCUT2D eigenvalue weighted by Gasteiger charge is 2.35. The largest absolute Gasteiger partial charge is 0.462 e. The second-order valence-electron chi connectivity index (χ2n) is 7.91. The number of benzene rings is 1. The molecular weight excluding hydrogens is 516 g/mol. The minimum atomic E-state index is -4.96. The molecule has 0 spiro atoms. The number of carbonyl (C=O) groups is 1. The van der Waals surface area contributed by atoms with Crippen LogP contribution in [0.25, 0.3) is 5.69 Å². The SMILES string of the molecule is CCC(Sc1cc(-n2c(=O)cc(C(F)(F)F)n(C)c2=O)c(F)cc1Cl)C(=O)OCC1CCCCO1. The fourth-order valence-corrected chi connectivity index (χ4v) is 4.83. The molecule has 0 N–H and O–H groups in total. The summed E-state index contributed by atoms with van der Waals surface area (Å²) in [5.74, 6) is -1.64. The monoisotopic (exact) mass is 538 g/mol. The molecule has 1 aromatic heterocycles. The van der Waals surface area contributed by atoms with Gasteiger partial charge >= 0.3 is 17.8 Å². The van der Waals surface area contributed by atoms with E-state index in [4.69, 9.17) is 21.1 Å². The van der Waals surface area contributed by atoms with E-state index in [1.807, 2.05) is 0 Å². The van der Waals surface area contributed by atoms with Crippen molar-refractivity contribution < 1.29 is 31.8 Å². The first-order chi connectivity index (χ1) is 16.4. The first-order valence-electron chi connectivity index (χ1n) is 10.8. The molecule has 35 heavy (non-hydrogen) atoms. The molecule has 1 fully saturated rings. The molecule has 2 aromatic rings. The topological polar surface area (TPSA) is 79.5 Å². The number of halogens is 5. The molecule has 7 nitrogen and oxygen atoms in total. The van der Waals surface area contributed by atoms with Gasteiger partial charge in [0.25, 0.3) is 5.56 Å². The van der Waals surface area contributed by atoms with Crippen LogP contribution in [-0.2, 0) is 27.5 Å². The molecule has 0 bridgehead atoms. The molecular formula is C22H23ClF4N2O5S. The number of carbonyl (C=O) groups excluding carboxylic acids is 1. The molecule has 1 aliphatic heterocycles. The Morgan fingerprint density at radius 2 is 2.00 bits per heavy atom. The Hall–Kier alpha value is -2.31. The average Bonchev–Trinajstić information content (AvgIpc) is 2.80. The van der Waals surface area contributed by atoms with Gasteiger partial charge in [0.2, 0.25) is 0 Å². The first-order valence-corrected chi connectivity index (χ1v) is 12.0. The van der Waals surface area contributed by atoms with Gasteiger partial charge in [-0.05, 0) is 37.8 Å². The third kappa shape index (κ3) is 6.28. The van der Waals surface area contributed by atoms with E-state index in [1.165, 1.54) is 0 Å². The quantitative estimate of drug-likeness (QED) is 0.297. The van der Waals surface area contributed by atoms with Gasteiger partial charge in [-0.1, -0.05) is 18.5 Å². The van der Waals surface area contributed by atoms with Crippen molar-refractivity contribution in [3.8, 4) is 5.69 Å². The van der Waals surface area contributed by atoms with Crippen molar-refractivity contribution in [3.63, 3.8) is 0 Å². The van der Waals surface area contributed by atoms with Crippen LogP contribution in [0.2, 0.25) is 5.02 Å². The van der Waals surface area contributed by atoms with Crippen LogP contribution >= 0.6 is 23.4 Å². The highest BCUT2D eigenvalue weighted by atomic mass is 35.5. The van der Waals surface area contributed by atoms with Crippen molar-refractivity contribution in [2.45, 2.75) is 55.0 Å². The van der Waals surface area contributed by atoms with Crippen LogP contribution in [-0.4, -0.2) is 39.7 Å². The normalized spacial score (nSPS) is 17.3. The number of rotatable bonds is 7. The highest BCUT2D eigenvalue weighted by molar-refractivity contribution is 8.00. The molecule has 0 saturated carbocycles. The Labute approximate surface area is 207 Å². The zero-order valence-corrected chi connectivity index (χ0v) is 20.4. The lowest BCUT2D eigenvalue weighted by molar-refractivity contribution is -0.148. The van der Waals surface area contributed by atoms with Gasteiger partial charge in [0, 0.05) is 24.6 Å². The molecule has 2 atom stereocenters. The Morgan fingerprint density at radius 1 is 1.29 bits per heavy atom. The van der Waals surface area contributed by atoms with Crippen LogP contribution in [0.3, 0.4) is 0 Å². The first kappa shape index (κ1) is 27.3. The number of aromatic nitrogens is 2. The van der Waals surface area contributed by atoms with Crippen LogP contribution in [0.1, 0.15) is 38.3 Å². The lowest BCUT2D eigenvalue weighted by Crippen LogP contribution is -2.41. The van der Waals surface area contributed by atoms with E-state index in [-0.39, 0.29) is 37.8 Å². The molecule has 0 radical (unpaired) electrons. The lowest BCUT2D eigenvalue weighted by Gasteiger charge is -2.23. The minimum absolute atomic E-state index is 0.0925. The Morgan fingerprint density at radius 3 is 2.60 bits per heavy atom. The van der Waals surface area contributed by atoms with Crippen molar-refractivity contribution in [3.05, 3.63) is 55.6 Å². The lowest BCUT2D eigenvalue weighted by atomic mass is 10.1. The van der Waals surface area contributed by atoms with Crippen LogP contribution < -0.4 is 11.2 Å². The summed E-state index contributed by atoms with van der Waals surface area (Å²) in [6.45, 7) is 2.42. The molecule has 1 saturated heterocycles. The predicted octanol–water partition coefficient (Wildman–Crippen LogP) is 4.33. The maximum absolute atomic E-state index is 14.7.